The molecule has 2 aliphatic rings. The van der Waals surface area contributed by atoms with Crippen molar-refractivity contribution in [3.63, 3.8) is 0 Å². The SMILES string of the molecule is C=Nc1c(/C(=C\C)c2ncc(Nc3ccc(N4CCO[C@H](COC)C4)c(CN(C)C)n3)c3c2CNC3=O)ccn1C. The topological polar surface area (TPSA) is 109 Å². The number of allylic oxidation sites excluding steroid dienone is 1. The number of ether oxygens (including phenoxy) is 2. The second kappa shape index (κ2) is 12.2. The minimum atomic E-state index is -0.139. The molecule has 0 aromatic carbocycles. The van der Waals surface area contributed by atoms with E-state index in [4.69, 9.17) is 19.4 Å². The molecule has 1 saturated heterocycles. The first kappa shape index (κ1) is 28.5. The van der Waals surface area contributed by atoms with E-state index < -0.39 is 0 Å². The summed E-state index contributed by atoms with van der Waals surface area (Å²) in [5.41, 5.74) is 6.61. The summed E-state index contributed by atoms with van der Waals surface area (Å²) in [5.74, 6) is 1.26. The van der Waals surface area contributed by atoms with Gasteiger partial charge in [0.15, 0.2) is 0 Å². The van der Waals surface area contributed by atoms with E-state index in [-0.39, 0.29) is 12.0 Å². The maximum atomic E-state index is 13.1. The molecule has 5 heterocycles. The number of amides is 1. The number of aryl methyl sites for hydroxylation is 1. The van der Waals surface area contributed by atoms with Crippen LogP contribution < -0.4 is 15.5 Å². The first-order chi connectivity index (χ1) is 19.8. The van der Waals surface area contributed by atoms with Crippen LogP contribution >= 0.6 is 0 Å². The monoisotopic (exact) mass is 558 g/mol. The highest BCUT2D eigenvalue weighted by molar-refractivity contribution is 6.05. The Kier molecular flexibility index (Phi) is 8.48. The number of aromatic nitrogens is 3. The fourth-order valence-corrected chi connectivity index (χ4v) is 5.55. The molecule has 0 saturated carbocycles. The first-order valence-electron chi connectivity index (χ1n) is 13.7. The van der Waals surface area contributed by atoms with Crippen molar-refractivity contribution in [2.75, 3.05) is 57.7 Å². The van der Waals surface area contributed by atoms with Gasteiger partial charge >= 0.3 is 0 Å². The van der Waals surface area contributed by atoms with Gasteiger partial charge in [0, 0.05) is 63.2 Å². The number of rotatable bonds is 10. The third-order valence-electron chi connectivity index (χ3n) is 7.37. The van der Waals surface area contributed by atoms with E-state index in [1.165, 1.54) is 0 Å². The van der Waals surface area contributed by atoms with Crippen molar-refractivity contribution in [2.45, 2.75) is 26.1 Å². The van der Waals surface area contributed by atoms with E-state index in [0.717, 1.165) is 52.7 Å². The summed E-state index contributed by atoms with van der Waals surface area (Å²) >= 11 is 0. The van der Waals surface area contributed by atoms with E-state index in [2.05, 4.69) is 38.2 Å². The smallest absolute Gasteiger partial charge is 0.254 e. The van der Waals surface area contributed by atoms with Crippen molar-refractivity contribution in [3.8, 4) is 0 Å². The molecule has 0 unspecified atom stereocenters. The summed E-state index contributed by atoms with van der Waals surface area (Å²) in [6.07, 6.45) is 5.67. The summed E-state index contributed by atoms with van der Waals surface area (Å²) in [6.45, 7) is 9.45. The number of fused-ring (bicyclic) bond motifs is 1. The van der Waals surface area contributed by atoms with Gasteiger partial charge in [-0.15, -0.1) is 0 Å². The number of nitrogens with zero attached hydrogens (tertiary/aromatic N) is 6. The van der Waals surface area contributed by atoms with Crippen LogP contribution in [0.25, 0.3) is 5.57 Å². The molecule has 41 heavy (non-hydrogen) atoms. The largest absolute Gasteiger partial charge is 0.382 e. The highest BCUT2D eigenvalue weighted by Crippen LogP contribution is 2.37. The molecule has 0 spiro atoms. The molecule has 1 atom stereocenters. The van der Waals surface area contributed by atoms with E-state index in [9.17, 15) is 4.79 Å². The van der Waals surface area contributed by atoms with Crippen LogP contribution in [0, 0.1) is 0 Å². The molecule has 2 aliphatic heterocycles. The fraction of sp³-hybridized carbons (Fsp3) is 0.400. The predicted molar refractivity (Wildman–Crippen MR) is 162 cm³/mol. The van der Waals surface area contributed by atoms with E-state index >= 15 is 0 Å². The molecule has 0 radical (unpaired) electrons. The molecule has 1 amide bonds. The second-order valence-corrected chi connectivity index (χ2v) is 10.5. The fourth-order valence-electron chi connectivity index (χ4n) is 5.55. The Morgan fingerprint density at radius 1 is 1.37 bits per heavy atom. The Morgan fingerprint density at radius 3 is 2.93 bits per heavy atom. The highest BCUT2D eigenvalue weighted by Gasteiger charge is 2.29. The summed E-state index contributed by atoms with van der Waals surface area (Å²) < 4.78 is 13.1. The highest BCUT2D eigenvalue weighted by atomic mass is 16.5. The van der Waals surface area contributed by atoms with Crippen LogP contribution in [0.3, 0.4) is 0 Å². The molecule has 0 aliphatic carbocycles. The van der Waals surface area contributed by atoms with Gasteiger partial charge in [-0.3, -0.25) is 9.78 Å². The van der Waals surface area contributed by atoms with Crippen molar-refractivity contribution in [1.29, 1.82) is 0 Å². The number of anilines is 3. The lowest BCUT2D eigenvalue weighted by Gasteiger charge is -2.35. The lowest BCUT2D eigenvalue weighted by molar-refractivity contribution is -0.0101. The zero-order valence-electron chi connectivity index (χ0n) is 24.4. The molecular formula is C30H38N8O3. The first-order valence-corrected chi connectivity index (χ1v) is 13.7. The normalized spacial score (nSPS) is 17.1. The lowest BCUT2D eigenvalue weighted by atomic mass is 9.97. The minimum Gasteiger partial charge on any atom is -0.382 e. The number of carbonyl (C=O) groups excluding carboxylic acids is 1. The minimum absolute atomic E-state index is 0.0146. The number of morpholine rings is 1. The van der Waals surface area contributed by atoms with Crippen molar-refractivity contribution in [1.82, 2.24) is 24.8 Å². The van der Waals surface area contributed by atoms with Gasteiger partial charge in [-0.1, -0.05) is 6.08 Å². The van der Waals surface area contributed by atoms with Crippen LogP contribution in [0.15, 0.2) is 41.7 Å². The number of methoxy groups -OCH3 is 1. The Balaban J connectivity index is 1.48. The Hall–Kier alpha value is -4.06. The molecule has 3 aromatic rings. The molecule has 11 heteroatoms. The van der Waals surface area contributed by atoms with Gasteiger partial charge in [-0.2, -0.15) is 0 Å². The van der Waals surface area contributed by atoms with E-state index in [1.54, 1.807) is 13.3 Å². The van der Waals surface area contributed by atoms with E-state index in [1.807, 2.05) is 57.0 Å². The van der Waals surface area contributed by atoms with Crippen LogP contribution in [-0.2, 0) is 29.6 Å². The number of carbonyl (C=O) groups is 1. The third-order valence-corrected chi connectivity index (χ3v) is 7.37. The predicted octanol–water partition coefficient (Wildman–Crippen LogP) is 3.50. The molecule has 5 rings (SSSR count). The maximum Gasteiger partial charge on any atom is 0.254 e. The van der Waals surface area contributed by atoms with Gasteiger partial charge < -0.3 is 34.5 Å². The maximum absolute atomic E-state index is 13.1. The number of nitrogens with one attached hydrogen (secondary N) is 2. The standard InChI is InChI=1S/C30H38N8O3/c1-7-20(21-10-11-37(5)29(21)31-2)28-22-14-33-30(39)27(22)23(15-32-28)34-26-9-8-25(24(35-26)17-36(3)4)38-12-13-41-19(16-38)18-40-6/h7-11,15,19H,2,12-14,16-18H2,1,3-6H3,(H,33,39)(H,34,35)/b20-7+/t19-/m0/s1. The van der Waals surface area contributed by atoms with Gasteiger partial charge in [0.1, 0.15) is 11.6 Å². The quantitative estimate of drug-likeness (QED) is 0.364. The van der Waals surface area contributed by atoms with Gasteiger partial charge in [-0.25, -0.2) is 9.98 Å². The third kappa shape index (κ3) is 5.74. The molecule has 11 nitrogen and oxygen atoms in total. The Labute approximate surface area is 240 Å². The Bertz CT molecular complexity index is 1480. The van der Waals surface area contributed by atoms with Crippen LogP contribution in [0.4, 0.5) is 23.0 Å². The van der Waals surface area contributed by atoms with Crippen LogP contribution in [-0.4, -0.2) is 85.7 Å². The molecular weight excluding hydrogens is 520 g/mol. The number of pyridine rings is 2. The molecule has 2 N–H and O–H groups in total. The number of hydrogen-bond donors (Lipinski definition) is 2. The average molecular weight is 559 g/mol. The lowest BCUT2D eigenvalue weighted by Crippen LogP contribution is -2.45. The van der Waals surface area contributed by atoms with Crippen LogP contribution in [0.1, 0.15) is 39.8 Å². The van der Waals surface area contributed by atoms with Crippen molar-refractivity contribution in [2.24, 2.45) is 12.0 Å². The summed E-state index contributed by atoms with van der Waals surface area (Å²) in [7, 11) is 7.67. The van der Waals surface area contributed by atoms with E-state index in [0.29, 0.717) is 43.4 Å². The van der Waals surface area contributed by atoms with Crippen molar-refractivity contribution in [3.05, 3.63) is 64.7 Å². The summed E-state index contributed by atoms with van der Waals surface area (Å²) in [5, 5.41) is 6.37. The van der Waals surface area contributed by atoms with Gasteiger partial charge in [-0.05, 0) is 45.9 Å². The molecule has 0 bridgehead atoms. The summed E-state index contributed by atoms with van der Waals surface area (Å²) in [4.78, 5) is 31.5. The van der Waals surface area contributed by atoms with Crippen molar-refractivity contribution >= 4 is 41.2 Å². The van der Waals surface area contributed by atoms with Crippen molar-refractivity contribution < 1.29 is 14.3 Å². The number of aliphatic imine (C=N–C) groups is 1. The molecule has 1 fully saturated rings. The Morgan fingerprint density at radius 2 is 2.20 bits per heavy atom. The number of hydrogen-bond acceptors (Lipinski definition) is 9. The van der Waals surface area contributed by atoms with Gasteiger partial charge in [0.2, 0.25) is 0 Å². The van der Waals surface area contributed by atoms with Crippen LogP contribution in [0.2, 0.25) is 0 Å². The zero-order valence-corrected chi connectivity index (χ0v) is 24.4. The average Bonchev–Trinajstić information content (AvgIpc) is 3.53. The van der Waals surface area contributed by atoms with Gasteiger partial charge in [0.05, 0.1) is 53.8 Å². The second-order valence-electron chi connectivity index (χ2n) is 10.5. The molecule has 3 aromatic heterocycles. The van der Waals surface area contributed by atoms with Crippen LogP contribution in [0.5, 0.6) is 0 Å². The zero-order chi connectivity index (χ0) is 29.1. The van der Waals surface area contributed by atoms with Gasteiger partial charge in [0.25, 0.3) is 5.91 Å². The molecule has 216 valence electrons. The summed E-state index contributed by atoms with van der Waals surface area (Å²) in [6, 6.07) is 6.03.